The molecule has 0 saturated carbocycles. The second kappa shape index (κ2) is 7.95. The number of nitrogens with zero attached hydrogens (tertiary/aromatic N) is 4. The van der Waals surface area contributed by atoms with E-state index in [0.717, 1.165) is 66.5 Å². The van der Waals surface area contributed by atoms with Crippen LogP contribution in [0.2, 0.25) is 0 Å². The van der Waals surface area contributed by atoms with Crippen molar-refractivity contribution < 1.29 is 4.79 Å². The Morgan fingerprint density at radius 1 is 1.27 bits per heavy atom. The van der Waals surface area contributed by atoms with Gasteiger partial charge < -0.3 is 16.0 Å². The van der Waals surface area contributed by atoms with E-state index in [0.29, 0.717) is 5.82 Å². The molecule has 0 atom stereocenters. The predicted octanol–water partition coefficient (Wildman–Crippen LogP) is 2.73. The summed E-state index contributed by atoms with van der Waals surface area (Å²) < 4.78 is 2.20. The largest absolute Gasteiger partial charge is 0.382 e. The summed E-state index contributed by atoms with van der Waals surface area (Å²) in [7, 11) is 0. The molecular weight excluding hydrogens is 328 g/mol. The third-order valence-corrected chi connectivity index (χ3v) is 4.33. The van der Waals surface area contributed by atoms with Gasteiger partial charge in [-0.25, -0.2) is 9.97 Å². The minimum atomic E-state index is -0.421. The van der Waals surface area contributed by atoms with Crippen molar-refractivity contribution in [2.45, 2.75) is 45.6 Å². The van der Waals surface area contributed by atoms with E-state index in [2.05, 4.69) is 21.5 Å². The van der Waals surface area contributed by atoms with Crippen LogP contribution in [0.4, 0.5) is 5.82 Å². The van der Waals surface area contributed by atoms with Crippen molar-refractivity contribution >= 4 is 33.8 Å². The van der Waals surface area contributed by atoms with Crippen molar-refractivity contribution in [2.75, 3.05) is 5.73 Å². The number of unbranched alkanes of at least 4 members (excludes halogenated alkanes) is 2. The molecule has 3 heterocycles. The van der Waals surface area contributed by atoms with Crippen molar-refractivity contribution in [1.82, 2.24) is 19.5 Å². The monoisotopic (exact) mass is 352 g/mol. The Balaban J connectivity index is 2.03. The van der Waals surface area contributed by atoms with Gasteiger partial charge in [0, 0.05) is 19.2 Å². The van der Waals surface area contributed by atoms with Crippen LogP contribution in [0.3, 0.4) is 0 Å². The van der Waals surface area contributed by atoms with Gasteiger partial charge >= 0.3 is 0 Å². The van der Waals surface area contributed by atoms with E-state index < -0.39 is 5.91 Å². The van der Waals surface area contributed by atoms with Gasteiger partial charge in [0.05, 0.1) is 5.52 Å². The highest BCUT2D eigenvalue weighted by Crippen LogP contribution is 2.28. The van der Waals surface area contributed by atoms with Crippen LogP contribution in [0.5, 0.6) is 0 Å². The number of hydrogen-bond acceptors (Lipinski definition) is 5. The van der Waals surface area contributed by atoms with Crippen LogP contribution >= 0.6 is 0 Å². The van der Waals surface area contributed by atoms with Gasteiger partial charge in [0.15, 0.2) is 5.82 Å². The maximum atomic E-state index is 10.8. The number of aryl methyl sites for hydroxylation is 2. The van der Waals surface area contributed by atoms with Crippen molar-refractivity contribution in [1.29, 1.82) is 0 Å². The summed E-state index contributed by atoms with van der Waals surface area (Å²) in [4.78, 5) is 24.5. The van der Waals surface area contributed by atoms with Gasteiger partial charge in [-0.1, -0.05) is 19.4 Å². The molecule has 0 fully saturated rings. The summed E-state index contributed by atoms with van der Waals surface area (Å²) in [5.41, 5.74) is 14.5. The van der Waals surface area contributed by atoms with E-state index in [9.17, 15) is 4.79 Å². The highest BCUT2D eigenvalue weighted by molar-refractivity contribution is 6.04. The number of nitrogen functional groups attached to an aromatic ring is 1. The Morgan fingerprint density at radius 3 is 2.88 bits per heavy atom. The molecule has 0 aromatic carbocycles. The van der Waals surface area contributed by atoms with Gasteiger partial charge in [-0.3, -0.25) is 9.78 Å². The smallest absolute Gasteiger partial charge is 0.241 e. The molecule has 3 aromatic heterocycles. The van der Waals surface area contributed by atoms with Gasteiger partial charge in [0.1, 0.15) is 22.4 Å². The molecule has 0 aliphatic rings. The molecule has 3 aromatic rings. The zero-order valence-corrected chi connectivity index (χ0v) is 15.0. The van der Waals surface area contributed by atoms with Gasteiger partial charge in [-0.2, -0.15) is 0 Å². The number of carbonyl (C=O) groups is 1. The Bertz CT molecular complexity index is 959. The Hall–Kier alpha value is -2.96. The number of hydrogen-bond donors (Lipinski definition) is 2. The summed E-state index contributed by atoms with van der Waals surface area (Å²) >= 11 is 0. The summed E-state index contributed by atoms with van der Waals surface area (Å²) in [6.07, 6.45) is 9.64. The summed E-state index contributed by atoms with van der Waals surface area (Å²) in [5, 5.41) is 0. The van der Waals surface area contributed by atoms with Crippen molar-refractivity contribution in [3.05, 3.63) is 36.3 Å². The predicted molar refractivity (Wildman–Crippen MR) is 103 cm³/mol. The number of primary amides is 1. The van der Waals surface area contributed by atoms with E-state index in [1.165, 1.54) is 6.08 Å². The Kier molecular flexibility index (Phi) is 5.46. The van der Waals surface area contributed by atoms with E-state index in [4.69, 9.17) is 16.5 Å². The number of imidazole rings is 1. The van der Waals surface area contributed by atoms with E-state index in [1.54, 1.807) is 12.3 Å². The first-order valence-electron chi connectivity index (χ1n) is 8.97. The van der Waals surface area contributed by atoms with Crippen LogP contribution in [-0.4, -0.2) is 25.4 Å². The second-order valence-corrected chi connectivity index (χ2v) is 6.30. The van der Waals surface area contributed by atoms with Gasteiger partial charge in [0.2, 0.25) is 5.91 Å². The molecule has 4 N–H and O–H groups in total. The van der Waals surface area contributed by atoms with Crippen molar-refractivity contribution in [2.24, 2.45) is 5.73 Å². The normalized spacial score (nSPS) is 11.7. The van der Waals surface area contributed by atoms with Crippen LogP contribution in [0.25, 0.3) is 22.1 Å². The first-order chi connectivity index (χ1) is 12.6. The molecule has 7 heteroatoms. The molecule has 0 saturated heterocycles. The number of anilines is 1. The van der Waals surface area contributed by atoms with E-state index in [-0.39, 0.29) is 0 Å². The number of aromatic nitrogens is 4. The summed E-state index contributed by atoms with van der Waals surface area (Å²) in [6, 6.07) is 3.77. The molecule has 0 unspecified atom stereocenters. The molecule has 136 valence electrons. The SMILES string of the molecule is CCCCc1nc2c(N)nc3cccnc3c2n1CCC/C=C/C(N)=O. The second-order valence-electron chi connectivity index (χ2n) is 6.30. The van der Waals surface area contributed by atoms with Gasteiger partial charge in [0.25, 0.3) is 0 Å². The number of rotatable bonds is 8. The molecule has 0 aliphatic heterocycles. The lowest BCUT2D eigenvalue weighted by molar-refractivity contribution is -0.113. The van der Waals surface area contributed by atoms with Gasteiger partial charge in [-0.05, 0) is 37.5 Å². The highest BCUT2D eigenvalue weighted by atomic mass is 16.1. The molecule has 1 amide bonds. The first kappa shape index (κ1) is 17.8. The third-order valence-electron chi connectivity index (χ3n) is 4.33. The zero-order valence-electron chi connectivity index (χ0n) is 15.0. The first-order valence-corrected chi connectivity index (χ1v) is 8.97. The minimum absolute atomic E-state index is 0.421. The fourth-order valence-corrected chi connectivity index (χ4v) is 3.10. The highest BCUT2D eigenvalue weighted by Gasteiger charge is 2.17. The number of allylic oxidation sites excluding steroid dienone is 1. The number of pyridine rings is 2. The molecular formula is C19H24N6O. The fraction of sp³-hybridized carbons (Fsp3) is 0.368. The molecule has 26 heavy (non-hydrogen) atoms. The summed E-state index contributed by atoms with van der Waals surface area (Å²) in [5.74, 6) is 1.02. The van der Waals surface area contributed by atoms with E-state index in [1.807, 2.05) is 12.1 Å². The fourth-order valence-electron chi connectivity index (χ4n) is 3.10. The van der Waals surface area contributed by atoms with Crippen LogP contribution in [0.15, 0.2) is 30.5 Å². The molecule has 7 nitrogen and oxygen atoms in total. The number of carbonyl (C=O) groups excluding carboxylic acids is 1. The number of nitrogens with two attached hydrogens (primary N) is 2. The third kappa shape index (κ3) is 3.66. The number of amides is 1. The topological polar surface area (TPSA) is 113 Å². The van der Waals surface area contributed by atoms with Crippen molar-refractivity contribution in [3.8, 4) is 0 Å². The zero-order chi connectivity index (χ0) is 18.5. The minimum Gasteiger partial charge on any atom is -0.382 e. The average Bonchev–Trinajstić information content (AvgIpc) is 2.99. The lowest BCUT2D eigenvalue weighted by Gasteiger charge is -2.09. The standard InChI is InChI=1S/C19H24N6O/c1-2-3-10-15-24-17-18(25(15)12-6-4-5-9-14(20)26)16-13(23-19(17)21)8-7-11-22-16/h5,7-9,11H,2-4,6,10,12H2,1H3,(H2,20,26)(H2,21,23)/b9-5+. The van der Waals surface area contributed by atoms with Crippen LogP contribution in [0.1, 0.15) is 38.4 Å². The van der Waals surface area contributed by atoms with Crippen LogP contribution in [-0.2, 0) is 17.8 Å². The molecule has 0 bridgehead atoms. The molecule has 0 radical (unpaired) electrons. The van der Waals surface area contributed by atoms with Gasteiger partial charge in [-0.15, -0.1) is 0 Å². The lowest BCUT2D eigenvalue weighted by Crippen LogP contribution is -2.06. The quantitative estimate of drug-likeness (QED) is 0.478. The van der Waals surface area contributed by atoms with E-state index >= 15 is 0 Å². The molecule has 0 spiro atoms. The maximum Gasteiger partial charge on any atom is 0.241 e. The van der Waals surface area contributed by atoms with Crippen LogP contribution < -0.4 is 11.5 Å². The Labute approximate surface area is 152 Å². The number of fused-ring (bicyclic) bond motifs is 3. The summed E-state index contributed by atoms with van der Waals surface area (Å²) in [6.45, 7) is 2.93. The Morgan fingerprint density at radius 2 is 2.12 bits per heavy atom. The van der Waals surface area contributed by atoms with Crippen LogP contribution in [0, 0.1) is 0 Å². The lowest BCUT2D eigenvalue weighted by atomic mass is 10.2. The maximum absolute atomic E-state index is 10.8. The van der Waals surface area contributed by atoms with Crippen molar-refractivity contribution in [3.63, 3.8) is 0 Å². The molecule has 0 aliphatic carbocycles. The average molecular weight is 352 g/mol. The molecule has 3 rings (SSSR count).